The lowest BCUT2D eigenvalue weighted by atomic mass is 10.3. The Hall–Kier alpha value is -1.12. The normalized spacial score (nSPS) is 9.50. The fourth-order valence-corrected chi connectivity index (χ4v) is 0.696. The quantitative estimate of drug-likeness (QED) is 0.591. The summed E-state index contributed by atoms with van der Waals surface area (Å²) in [6.07, 6.45) is 1.16. The van der Waals surface area contributed by atoms with Gasteiger partial charge >= 0.3 is 0 Å². The maximum absolute atomic E-state index is 12.4. The number of hydrogen-bond donors (Lipinski definition) is 0. The first-order chi connectivity index (χ1) is 4.74. The van der Waals surface area contributed by atoms with Gasteiger partial charge in [0.2, 0.25) is 0 Å². The molecule has 3 heteroatoms. The van der Waals surface area contributed by atoms with Crippen LogP contribution in [0.4, 0.5) is 4.39 Å². The van der Waals surface area contributed by atoms with Crippen LogP contribution in [-0.4, -0.2) is 12.1 Å². The van der Waals surface area contributed by atoms with Gasteiger partial charge in [-0.1, -0.05) is 0 Å². The van der Waals surface area contributed by atoms with Crippen LogP contribution in [-0.2, 0) is 0 Å². The van der Waals surface area contributed by atoms with Crippen molar-refractivity contribution in [3.05, 3.63) is 23.8 Å². The first-order valence-electron chi connectivity index (χ1n) is 2.90. The molecule has 0 aliphatic rings. The van der Waals surface area contributed by atoms with Gasteiger partial charge in [0, 0.05) is 6.07 Å². The molecule has 0 saturated carbocycles. The number of rotatable bonds is 1. The zero-order valence-electron chi connectivity index (χ0n) is 5.89. The van der Waals surface area contributed by atoms with E-state index in [1.165, 1.54) is 13.2 Å². The summed E-state index contributed by atoms with van der Waals surface area (Å²) in [5.41, 5.74) is 0.698. The van der Waals surface area contributed by atoms with E-state index in [4.69, 9.17) is 4.74 Å². The molecule has 0 fully saturated rings. The smallest absolute Gasteiger partial charge is 0.145 e. The number of aryl methyl sites for hydroxylation is 1. The molecular formula is C7H8FNO. The Balaban J connectivity index is 3.09. The van der Waals surface area contributed by atoms with E-state index in [1.54, 1.807) is 6.92 Å². The maximum atomic E-state index is 12.4. The van der Waals surface area contributed by atoms with E-state index in [0.717, 1.165) is 6.20 Å². The molecule has 1 heterocycles. The molecule has 1 aromatic rings. The van der Waals surface area contributed by atoms with Crippen molar-refractivity contribution < 1.29 is 9.13 Å². The third-order valence-corrected chi connectivity index (χ3v) is 1.23. The van der Waals surface area contributed by atoms with Crippen molar-refractivity contribution in [1.29, 1.82) is 0 Å². The van der Waals surface area contributed by atoms with E-state index in [0.29, 0.717) is 11.4 Å². The summed E-state index contributed by atoms with van der Waals surface area (Å²) in [6.45, 7) is 1.76. The van der Waals surface area contributed by atoms with Gasteiger partial charge in [-0.2, -0.15) is 0 Å². The minimum Gasteiger partial charge on any atom is -0.495 e. The first-order valence-corrected chi connectivity index (χ1v) is 2.90. The Morgan fingerprint density at radius 2 is 2.30 bits per heavy atom. The summed E-state index contributed by atoms with van der Waals surface area (Å²) in [4.78, 5) is 3.75. The van der Waals surface area contributed by atoms with E-state index in [9.17, 15) is 4.39 Å². The highest BCUT2D eigenvalue weighted by atomic mass is 19.1. The lowest BCUT2D eigenvalue weighted by molar-refractivity contribution is 0.405. The molecule has 10 heavy (non-hydrogen) atoms. The lowest BCUT2D eigenvalue weighted by Gasteiger charge is -2.01. The van der Waals surface area contributed by atoms with Crippen molar-refractivity contribution in [3.63, 3.8) is 0 Å². The largest absolute Gasteiger partial charge is 0.495 e. The van der Waals surface area contributed by atoms with Crippen LogP contribution in [0, 0.1) is 12.7 Å². The molecule has 0 saturated heterocycles. The van der Waals surface area contributed by atoms with Gasteiger partial charge in [-0.05, 0) is 6.92 Å². The molecule has 2 nitrogen and oxygen atoms in total. The number of ether oxygens (including phenoxy) is 1. The zero-order chi connectivity index (χ0) is 7.56. The molecule has 0 bridgehead atoms. The average molecular weight is 141 g/mol. The number of nitrogens with zero attached hydrogens (tertiary/aromatic N) is 1. The molecule has 1 aromatic heterocycles. The van der Waals surface area contributed by atoms with Crippen LogP contribution in [0.2, 0.25) is 0 Å². The van der Waals surface area contributed by atoms with Crippen LogP contribution < -0.4 is 4.74 Å². The van der Waals surface area contributed by atoms with Crippen molar-refractivity contribution in [2.24, 2.45) is 0 Å². The molecule has 54 valence electrons. The second kappa shape index (κ2) is 2.64. The number of hydrogen-bond acceptors (Lipinski definition) is 2. The third-order valence-electron chi connectivity index (χ3n) is 1.23. The van der Waals surface area contributed by atoms with Gasteiger partial charge in [0.1, 0.15) is 11.6 Å². The van der Waals surface area contributed by atoms with E-state index in [2.05, 4.69) is 4.98 Å². The topological polar surface area (TPSA) is 22.1 Å². The molecule has 0 spiro atoms. The number of methoxy groups -OCH3 is 1. The molecule has 0 atom stereocenters. The lowest BCUT2D eigenvalue weighted by Crippen LogP contribution is -1.90. The molecular weight excluding hydrogens is 133 g/mol. The van der Waals surface area contributed by atoms with Gasteiger partial charge < -0.3 is 4.74 Å². The van der Waals surface area contributed by atoms with Crippen molar-refractivity contribution in [1.82, 2.24) is 4.98 Å². The molecule has 0 radical (unpaired) electrons. The van der Waals surface area contributed by atoms with Crippen LogP contribution >= 0.6 is 0 Å². The third kappa shape index (κ3) is 1.23. The Kier molecular flexibility index (Phi) is 1.85. The van der Waals surface area contributed by atoms with Crippen molar-refractivity contribution >= 4 is 0 Å². The van der Waals surface area contributed by atoms with E-state index in [1.807, 2.05) is 0 Å². The van der Waals surface area contributed by atoms with Gasteiger partial charge in [-0.15, -0.1) is 0 Å². The highest BCUT2D eigenvalue weighted by Gasteiger charge is 1.99. The Labute approximate surface area is 58.7 Å². The van der Waals surface area contributed by atoms with Crippen LogP contribution in [0.1, 0.15) is 5.69 Å². The summed E-state index contributed by atoms with van der Waals surface area (Å²) in [6, 6.07) is 1.31. The molecule has 0 N–H and O–H groups in total. The summed E-state index contributed by atoms with van der Waals surface area (Å²) in [5, 5.41) is 0. The average Bonchev–Trinajstić information content (AvgIpc) is 1.94. The summed E-state index contributed by atoms with van der Waals surface area (Å²) in [5.74, 6) is 0.113. The molecule has 0 amide bonds. The van der Waals surface area contributed by atoms with Crippen molar-refractivity contribution in [2.75, 3.05) is 7.11 Å². The van der Waals surface area contributed by atoms with Gasteiger partial charge in [-0.25, -0.2) is 4.39 Å². The van der Waals surface area contributed by atoms with Gasteiger partial charge in [0.15, 0.2) is 0 Å². The number of halogens is 1. The predicted octanol–water partition coefficient (Wildman–Crippen LogP) is 1.54. The van der Waals surface area contributed by atoms with E-state index in [-0.39, 0.29) is 5.82 Å². The Morgan fingerprint density at radius 3 is 2.80 bits per heavy atom. The molecule has 1 rings (SSSR count). The fourth-order valence-electron chi connectivity index (χ4n) is 0.696. The highest BCUT2D eigenvalue weighted by Crippen LogP contribution is 2.14. The van der Waals surface area contributed by atoms with Crippen molar-refractivity contribution in [3.8, 4) is 5.75 Å². The molecule has 0 aliphatic carbocycles. The fraction of sp³-hybridized carbons (Fsp3) is 0.286. The summed E-state index contributed by atoms with van der Waals surface area (Å²) >= 11 is 0. The van der Waals surface area contributed by atoms with Gasteiger partial charge in [-0.3, -0.25) is 4.98 Å². The zero-order valence-corrected chi connectivity index (χ0v) is 5.89. The predicted molar refractivity (Wildman–Crippen MR) is 35.5 cm³/mol. The standard InChI is InChI=1S/C7H8FNO/c1-5-7(10-2)3-6(8)4-9-5/h3-4H,1-2H3. The van der Waals surface area contributed by atoms with Gasteiger partial charge in [0.25, 0.3) is 0 Å². The van der Waals surface area contributed by atoms with E-state index < -0.39 is 0 Å². The molecule has 0 aromatic carbocycles. The van der Waals surface area contributed by atoms with Crippen molar-refractivity contribution in [2.45, 2.75) is 6.92 Å². The summed E-state index contributed by atoms with van der Waals surface area (Å²) in [7, 11) is 1.49. The minimum atomic E-state index is -0.373. The van der Waals surface area contributed by atoms with Crippen LogP contribution in [0.5, 0.6) is 5.75 Å². The highest BCUT2D eigenvalue weighted by molar-refractivity contribution is 5.25. The SMILES string of the molecule is COc1cc(F)cnc1C. The minimum absolute atomic E-state index is 0.373. The number of pyridine rings is 1. The second-order valence-electron chi connectivity index (χ2n) is 1.94. The van der Waals surface area contributed by atoms with Crippen LogP contribution in [0.15, 0.2) is 12.3 Å². The number of aromatic nitrogens is 1. The molecule has 0 aliphatic heterocycles. The van der Waals surface area contributed by atoms with Crippen LogP contribution in [0.3, 0.4) is 0 Å². The maximum Gasteiger partial charge on any atom is 0.145 e. The van der Waals surface area contributed by atoms with E-state index >= 15 is 0 Å². The molecule has 0 unspecified atom stereocenters. The van der Waals surface area contributed by atoms with Gasteiger partial charge in [0.05, 0.1) is 19.0 Å². The second-order valence-corrected chi connectivity index (χ2v) is 1.94. The summed E-state index contributed by atoms with van der Waals surface area (Å²) < 4.78 is 17.2. The Morgan fingerprint density at radius 1 is 1.60 bits per heavy atom. The monoisotopic (exact) mass is 141 g/mol. The Bertz CT molecular complexity index is 237. The van der Waals surface area contributed by atoms with Crippen LogP contribution in [0.25, 0.3) is 0 Å². The first kappa shape index (κ1) is 6.99.